The van der Waals surface area contributed by atoms with Crippen molar-refractivity contribution in [3.63, 3.8) is 0 Å². The van der Waals surface area contributed by atoms with Crippen molar-refractivity contribution in [1.29, 1.82) is 0 Å². The molecule has 0 spiro atoms. The maximum atomic E-state index is 13.7. The van der Waals surface area contributed by atoms with Crippen molar-refractivity contribution in [3.05, 3.63) is 64.7 Å². The van der Waals surface area contributed by atoms with Crippen LogP contribution < -0.4 is 16.0 Å². The number of amides is 1. The molecule has 1 saturated carbocycles. The predicted molar refractivity (Wildman–Crippen MR) is 153 cm³/mol. The fourth-order valence-corrected chi connectivity index (χ4v) is 6.14. The molecule has 5 nitrogen and oxygen atoms in total. The topological polar surface area (TPSA) is 73.4 Å². The molecular formula is C32H44F3N3O2. The van der Waals surface area contributed by atoms with Gasteiger partial charge in [-0.3, -0.25) is 4.79 Å². The van der Waals surface area contributed by atoms with Crippen LogP contribution in [0.5, 0.6) is 0 Å². The van der Waals surface area contributed by atoms with E-state index < -0.39 is 29.8 Å². The number of fused-ring (bicyclic) bond motifs is 4. The Morgan fingerprint density at radius 3 is 2.58 bits per heavy atom. The molecular weight excluding hydrogens is 515 g/mol. The van der Waals surface area contributed by atoms with Crippen LogP contribution >= 0.6 is 0 Å². The van der Waals surface area contributed by atoms with Crippen molar-refractivity contribution >= 4 is 11.6 Å². The molecule has 0 aromatic heterocycles. The van der Waals surface area contributed by atoms with E-state index in [1.54, 1.807) is 0 Å². The fraction of sp³-hybridized carbons (Fsp3) is 0.594. The number of carbonyl (C=O) groups excluding carboxylic acids is 1. The minimum absolute atomic E-state index is 0.0515. The second-order valence-corrected chi connectivity index (χ2v) is 12.0. The second kappa shape index (κ2) is 13.9. The van der Waals surface area contributed by atoms with Gasteiger partial charge in [-0.05, 0) is 66.3 Å². The lowest BCUT2D eigenvalue weighted by Gasteiger charge is -2.27. The zero-order chi connectivity index (χ0) is 28.7. The Labute approximate surface area is 236 Å². The zero-order valence-corrected chi connectivity index (χ0v) is 23.7. The summed E-state index contributed by atoms with van der Waals surface area (Å²) in [5.41, 5.74) is 1.74. The van der Waals surface area contributed by atoms with Gasteiger partial charge in [-0.25, -0.2) is 0 Å². The predicted octanol–water partition coefficient (Wildman–Crippen LogP) is 6.87. The molecule has 4 atom stereocenters. The van der Waals surface area contributed by atoms with E-state index in [9.17, 15) is 23.1 Å². The van der Waals surface area contributed by atoms with Crippen molar-refractivity contribution in [1.82, 2.24) is 10.6 Å². The Morgan fingerprint density at radius 1 is 1.00 bits per heavy atom. The van der Waals surface area contributed by atoms with Gasteiger partial charge in [0.15, 0.2) is 0 Å². The Morgan fingerprint density at radius 2 is 1.80 bits per heavy atom. The van der Waals surface area contributed by atoms with E-state index in [1.807, 2.05) is 12.1 Å². The first-order valence-corrected chi connectivity index (χ1v) is 14.8. The van der Waals surface area contributed by atoms with E-state index >= 15 is 0 Å². The molecule has 1 heterocycles. The van der Waals surface area contributed by atoms with Gasteiger partial charge in [0.1, 0.15) is 0 Å². The molecule has 40 heavy (non-hydrogen) atoms. The third kappa shape index (κ3) is 8.71. The first kappa shape index (κ1) is 30.4. The highest BCUT2D eigenvalue weighted by molar-refractivity contribution is 5.95. The van der Waals surface area contributed by atoms with Crippen molar-refractivity contribution < 1.29 is 23.1 Å². The number of nitrogens with one attached hydrogen (secondary N) is 3. The number of hydrogen-bond donors (Lipinski definition) is 4. The lowest BCUT2D eigenvalue weighted by atomic mass is 9.92. The average molecular weight is 560 g/mol. The lowest BCUT2D eigenvalue weighted by molar-refractivity contribution is -0.137. The summed E-state index contributed by atoms with van der Waals surface area (Å²) in [6.45, 7) is 5.69. The minimum atomic E-state index is -4.57. The van der Waals surface area contributed by atoms with Gasteiger partial charge in [0, 0.05) is 30.9 Å². The lowest BCUT2D eigenvalue weighted by Crippen LogP contribution is -2.48. The molecule has 4 N–H and O–H groups in total. The average Bonchev–Trinajstić information content (AvgIpc) is 3.36. The maximum absolute atomic E-state index is 13.7. The molecule has 2 aromatic rings. The van der Waals surface area contributed by atoms with Crippen molar-refractivity contribution in [2.45, 2.75) is 96.0 Å². The summed E-state index contributed by atoms with van der Waals surface area (Å²) in [5.74, 6) is 0.859. The maximum Gasteiger partial charge on any atom is 0.416 e. The number of carbonyl (C=O) groups is 1. The Bertz CT molecular complexity index is 1120. The number of rotatable bonds is 6. The highest BCUT2D eigenvalue weighted by Gasteiger charge is 2.33. The summed E-state index contributed by atoms with van der Waals surface area (Å²) >= 11 is 0. The van der Waals surface area contributed by atoms with Crippen LogP contribution in [0.2, 0.25) is 0 Å². The molecule has 4 rings (SSSR count). The van der Waals surface area contributed by atoms with E-state index in [1.165, 1.54) is 11.6 Å². The van der Waals surface area contributed by atoms with Crippen LogP contribution in [-0.4, -0.2) is 36.2 Å². The van der Waals surface area contributed by atoms with E-state index in [2.05, 4.69) is 41.9 Å². The molecule has 0 saturated heterocycles. The third-order valence-corrected chi connectivity index (χ3v) is 8.46. The first-order chi connectivity index (χ1) is 19.1. The Balaban J connectivity index is 1.50. The van der Waals surface area contributed by atoms with Crippen molar-refractivity contribution in [3.8, 4) is 0 Å². The highest BCUT2D eigenvalue weighted by Crippen LogP contribution is 2.37. The van der Waals surface area contributed by atoms with E-state index in [0.717, 1.165) is 62.6 Å². The summed E-state index contributed by atoms with van der Waals surface area (Å²) in [6.07, 6.45) is 2.59. The third-order valence-electron chi connectivity index (χ3n) is 8.46. The number of hydrogen-bond acceptors (Lipinski definition) is 4. The highest BCUT2D eigenvalue weighted by atomic mass is 19.4. The van der Waals surface area contributed by atoms with Gasteiger partial charge in [0.25, 0.3) is 5.91 Å². The van der Waals surface area contributed by atoms with Crippen LogP contribution in [0.1, 0.15) is 98.2 Å². The van der Waals surface area contributed by atoms with E-state index in [-0.39, 0.29) is 17.8 Å². The summed E-state index contributed by atoms with van der Waals surface area (Å²) in [6, 6.07) is 11.2. The molecule has 0 radical (unpaired) electrons. The van der Waals surface area contributed by atoms with Gasteiger partial charge in [-0.15, -0.1) is 0 Å². The van der Waals surface area contributed by atoms with Crippen molar-refractivity contribution in [2.24, 2.45) is 11.8 Å². The van der Waals surface area contributed by atoms with Crippen LogP contribution in [-0.2, 0) is 12.7 Å². The standard InChI is InChI=1S/C32H44F3N3O2/c1-21(2)25-9-6-8-24(14-25)19-36-20-30(39)29-15-23-11-10-22(13-23)7-4-3-5-12-37-28-17-26(31(40)38-29)16-27(18-28)32(33,34)35/h6,8-9,14,16-18,21-23,29-30,36-37,39H,3-5,7,10-13,15,19-20H2,1-2H3,(H,38,40)/t22-,23+,29-,30+/m0/s1. The number of alkyl halides is 3. The van der Waals surface area contributed by atoms with Crippen LogP contribution in [0.15, 0.2) is 42.5 Å². The van der Waals surface area contributed by atoms with Gasteiger partial charge >= 0.3 is 6.18 Å². The molecule has 8 heteroatoms. The smallest absolute Gasteiger partial charge is 0.390 e. The summed E-state index contributed by atoms with van der Waals surface area (Å²) in [4.78, 5) is 13.3. The monoisotopic (exact) mass is 559 g/mol. The number of halogens is 3. The second-order valence-electron chi connectivity index (χ2n) is 12.0. The number of aliphatic hydroxyl groups is 1. The molecule has 2 aromatic carbocycles. The molecule has 1 aliphatic heterocycles. The van der Waals surface area contributed by atoms with Gasteiger partial charge in [-0.2, -0.15) is 13.2 Å². The van der Waals surface area contributed by atoms with Crippen LogP contribution in [0.25, 0.3) is 0 Å². The summed E-state index contributed by atoms with van der Waals surface area (Å²) in [7, 11) is 0. The largest absolute Gasteiger partial charge is 0.416 e. The van der Waals surface area contributed by atoms with Crippen LogP contribution in [0.3, 0.4) is 0 Å². The molecule has 2 aliphatic rings. The molecule has 1 fully saturated rings. The Kier molecular flexibility index (Phi) is 10.5. The first-order valence-electron chi connectivity index (χ1n) is 14.8. The molecule has 1 aliphatic carbocycles. The summed E-state index contributed by atoms with van der Waals surface area (Å²) in [5, 5.41) is 20.5. The normalized spacial score (nSPS) is 23.5. The molecule has 4 bridgehead atoms. The van der Waals surface area contributed by atoms with Crippen LogP contribution in [0.4, 0.5) is 18.9 Å². The van der Waals surface area contributed by atoms with Gasteiger partial charge in [0.05, 0.1) is 17.7 Å². The number of benzene rings is 2. The summed E-state index contributed by atoms with van der Waals surface area (Å²) < 4.78 is 41.0. The van der Waals surface area contributed by atoms with E-state index in [0.29, 0.717) is 37.3 Å². The minimum Gasteiger partial charge on any atom is -0.390 e. The Hall–Kier alpha value is -2.58. The van der Waals surface area contributed by atoms with Gasteiger partial charge < -0.3 is 21.1 Å². The van der Waals surface area contributed by atoms with Gasteiger partial charge in [-0.1, -0.05) is 70.2 Å². The quantitative estimate of drug-likeness (QED) is 0.312. The number of anilines is 1. The number of aliphatic hydroxyl groups excluding tert-OH is 1. The van der Waals surface area contributed by atoms with E-state index in [4.69, 9.17) is 0 Å². The fourth-order valence-electron chi connectivity index (χ4n) is 6.14. The van der Waals surface area contributed by atoms with Gasteiger partial charge in [0.2, 0.25) is 0 Å². The van der Waals surface area contributed by atoms with Crippen LogP contribution in [0, 0.1) is 11.8 Å². The van der Waals surface area contributed by atoms with Crippen molar-refractivity contribution in [2.75, 3.05) is 18.4 Å². The molecule has 1 amide bonds. The SMILES string of the molecule is CC(C)c1cccc(CNC[C@@H](O)[C@@H]2C[C@@H]3CC[C@H](CCCCCNc4cc(cc(C(F)(F)F)c4)C(=O)N2)C3)c1. The molecule has 0 unspecified atom stereocenters. The zero-order valence-electron chi connectivity index (χ0n) is 23.7. The molecule has 220 valence electrons.